The summed E-state index contributed by atoms with van der Waals surface area (Å²) in [5.41, 5.74) is 2.50. The third kappa shape index (κ3) is 3.56. The second-order valence-corrected chi connectivity index (χ2v) is 4.21. The number of rotatable bonds is 5. The lowest BCUT2D eigenvalue weighted by Crippen LogP contribution is -2.07. The monoisotopic (exact) mass is 267 g/mol. The van der Waals surface area contributed by atoms with Gasteiger partial charge in [0.15, 0.2) is 0 Å². The van der Waals surface area contributed by atoms with Gasteiger partial charge in [-0.1, -0.05) is 0 Å². The number of nitriles is 1. The van der Waals surface area contributed by atoms with Gasteiger partial charge in [-0.3, -0.25) is 4.98 Å². The molecule has 20 heavy (non-hydrogen) atoms. The van der Waals surface area contributed by atoms with Gasteiger partial charge in [-0.05, 0) is 36.4 Å². The third-order valence-corrected chi connectivity index (χ3v) is 2.79. The van der Waals surface area contributed by atoms with Crippen molar-refractivity contribution < 1.29 is 9.90 Å². The molecule has 0 atom stereocenters. The van der Waals surface area contributed by atoms with Crippen LogP contribution < -0.4 is 5.32 Å². The third-order valence-electron chi connectivity index (χ3n) is 2.79. The van der Waals surface area contributed by atoms with Crippen molar-refractivity contribution in [1.82, 2.24) is 4.98 Å². The quantitative estimate of drug-likeness (QED) is 0.868. The molecule has 1 heterocycles. The first-order valence-corrected chi connectivity index (χ1v) is 6.11. The van der Waals surface area contributed by atoms with Crippen molar-refractivity contribution >= 4 is 11.7 Å². The van der Waals surface area contributed by atoms with Gasteiger partial charge in [-0.25, -0.2) is 4.79 Å². The van der Waals surface area contributed by atoms with E-state index in [0.29, 0.717) is 18.5 Å². The Morgan fingerprint density at radius 1 is 1.30 bits per heavy atom. The van der Waals surface area contributed by atoms with Crippen molar-refractivity contribution in [3.05, 3.63) is 59.4 Å². The van der Waals surface area contributed by atoms with Gasteiger partial charge >= 0.3 is 5.97 Å². The second kappa shape index (κ2) is 6.34. The highest BCUT2D eigenvalue weighted by Crippen LogP contribution is 2.09. The van der Waals surface area contributed by atoms with E-state index in [-0.39, 0.29) is 5.56 Å². The average molecular weight is 267 g/mol. The highest BCUT2D eigenvalue weighted by Gasteiger charge is 2.04. The second-order valence-electron chi connectivity index (χ2n) is 4.21. The van der Waals surface area contributed by atoms with E-state index in [4.69, 9.17) is 10.4 Å². The molecule has 0 aliphatic rings. The molecule has 2 aromatic rings. The van der Waals surface area contributed by atoms with E-state index in [1.807, 2.05) is 12.1 Å². The minimum Gasteiger partial charge on any atom is -0.478 e. The molecule has 2 rings (SSSR count). The summed E-state index contributed by atoms with van der Waals surface area (Å²) in [5, 5.41) is 20.8. The fourth-order valence-corrected chi connectivity index (χ4v) is 1.75. The Balaban J connectivity index is 1.90. The highest BCUT2D eigenvalue weighted by atomic mass is 16.4. The Kier molecular flexibility index (Phi) is 4.30. The molecule has 1 aromatic heterocycles. The average Bonchev–Trinajstić information content (AvgIpc) is 2.48. The number of carboxylic acids is 1. The zero-order valence-corrected chi connectivity index (χ0v) is 10.7. The van der Waals surface area contributed by atoms with Gasteiger partial charge in [-0.2, -0.15) is 5.26 Å². The molecule has 5 heteroatoms. The fourth-order valence-electron chi connectivity index (χ4n) is 1.75. The number of nitrogens with zero attached hydrogens (tertiary/aromatic N) is 2. The maximum atomic E-state index is 10.8. The summed E-state index contributed by atoms with van der Waals surface area (Å²) in [4.78, 5) is 15.0. The predicted molar refractivity (Wildman–Crippen MR) is 74.5 cm³/mol. The summed E-state index contributed by atoms with van der Waals surface area (Å²) in [5.74, 6) is -0.950. The van der Waals surface area contributed by atoms with E-state index in [1.165, 1.54) is 12.3 Å². The van der Waals surface area contributed by atoms with Crippen LogP contribution in [0.15, 0.2) is 42.6 Å². The zero-order chi connectivity index (χ0) is 14.4. The summed E-state index contributed by atoms with van der Waals surface area (Å²) in [6.07, 6.45) is 2.13. The lowest BCUT2D eigenvalue weighted by atomic mass is 10.2. The Morgan fingerprint density at radius 2 is 2.05 bits per heavy atom. The number of aromatic carboxylic acids is 1. The van der Waals surface area contributed by atoms with Gasteiger partial charge in [0, 0.05) is 30.5 Å². The molecule has 0 amide bonds. The van der Waals surface area contributed by atoms with Crippen LogP contribution in [0.4, 0.5) is 5.69 Å². The van der Waals surface area contributed by atoms with Gasteiger partial charge in [0.25, 0.3) is 0 Å². The van der Waals surface area contributed by atoms with Crippen LogP contribution in [0, 0.1) is 11.3 Å². The summed E-state index contributed by atoms with van der Waals surface area (Å²) in [6, 6.07) is 12.3. The normalized spacial score (nSPS) is 9.75. The molecule has 1 aromatic carbocycles. The largest absolute Gasteiger partial charge is 0.478 e. The Labute approximate surface area is 116 Å². The van der Waals surface area contributed by atoms with Gasteiger partial charge in [-0.15, -0.1) is 0 Å². The number of aromatic nitrogens is 1. The predicted octanol–water partition coefficient (Wildman–Crippen LogP) is 2.31. The molecule has 100 valence electrons. The molecular weight excluding hydrogens is 254 g/mol. The van der Waals surface area contributed by atoms with E-state index in [0.717, 1.165) is 11.4 Å². The maximum Gasteiger partial charge on any atom is 0.335 e. The van der Waals surface area contributed by atoms with Crippen LogP contribution in [0.5, 0.6) is 0 Å². The maximum absolute atomic E-state index is 10.8. The van der Waals surface area contributed by atoms with Crippen LogP contribution >= 0.6 is 0 Å². The Hall–Kier alpha value is -2.87. The molecule has 0 radical (unpaired) electrons. The van der Waals surface area contributed by atoms with E-state index in [1.54, 1.807) is 18.2 Å². The number of pyridine rings is 1. The molecule has 2 N–H and O–H groups in total. The standard InChI is InChI=1S/C15H13N3O2/c16-10-11-1-3-13(4-2-11)17-8-6-14-9-12(15(19)20)5-7-18-14/h1-5,7,9,17H,6,8H2,(H,19,20). The summed E-state index contributed by atoms with van der Waals surface area (Å²) < 4.78 is 0. The fraction of sp³-hybridized carbons (Fsp3) is 0.133. The van der Waals surface area contributed by atoms with Gasteiger partial charge < -0.3 is 10.4 Å². The van der Waals surface area contributed by atoms with E-state index < -0.39 is 5.97 Å². The Morgan fingerprint density at radius 3 is 2.70 bits per heavy atom. The SMILES string of the molecule is N#Cc1ccc(NCCc2cc(C(=O)O)ccn2)cc1. The van der Waals surface area contributed by atoms with Crippen molar-refractivity contribution in [3.63, 3.8) is 0 Å². The molecule has 0 aliphatic carbocycles. The minimum atomic E-state index is -0.950. The number of hydrogen-bond donors (Lipinski definition) is 2. The first kappa shape index (κ1) is 13.6. The van der Waals surface area contributed by atoms with E-state index in [2.05, 4.69) is 16.4 Å². The van der Waals surface area contributed by atoms with E-state index in [9.17, 15) is 4.79 Å². The lowest BCUT2D eigenvalue weighted by molar-refractivity contribution is 0.0696. The molecule has 0 bridgehead atoms. The molecule has 0 aliphatic heterocycles. The number of benzene rings is 1. The van der Waals surface area contributed by atoms with Gasteiger partial charge in [0.1, 0.15) is 0 Å². The van der Waals surface area contributed by atoms with Crippen molar-refractivity contribution in [2.75, 3.05) is 11.9 Å². The molecule has 0 unspecified atom stereocenters. The van der Waals surface area contributed by atoms with Crippen molar-refractivity contribution in [2.45, 2.75) is 6.42 Å². The number of anilines is 1. The van der Waals surface area contributed by atoms with Gasteiger partial charge in [0.05, 0.1) is 17.2 Å². The number of nitrogens with one attached hydrogen (secondary N) is 1. The van der Waals surface area contributed by atoms with Crippen LogP contribution in [-0.2, 0) is 6.42 Å². The van der Waals surface area contributed by atoms with Crippen LogP contribution in [0.25, 0.3) is 0 Å². The Bertz CT molecular complexity index is 645. The molecule has 0 fully saturated rings. The van der Waals surface area contributed by atoms with Crippen LogP contribution in [0.1, 0.15) is 21.6 Å². The minimum absolute atomic E-state index is 0.244. The smallest absolute Gasteiger partial charge is 0.335 e. The molecule has 0 spiro atoms. The molecule has 0 saturated heterocycles. The van der Waals surface area contributed by atoms with Crippen molar-refractivity contribution in [2.24, 2.45) is 0 Å². The van der Waals surface area contributed by atoms with Crippen LogP contribution in [0.2, 0.25) is 0 Å². The summed E-state index contributed by atoms with van der Waals surface area (Å²) in [7, 11) is 0. The first-order valence-electron chi connectivity index (χ1n) is 6.11. The lowest BCUT2D eigenvalue weighted by Gasteiger charge is -2.06. The van der Waals surface area contributed by atoms with Crippen molar-refractivity contribution in [1.29, 1.82) is 5.26 Å². The molecule has 0 saturated carbocycles. The van der Waals surface area contributed by atoms with Crippen LogP contribution in [0.3, 0.4) is 0 Å². The highest BCUT2D eigenvalue weighted by molar-refractivity contribution is 5.87. The van der Waals surface area contributed by atoms with Gasteiger partial charge in [0.2, 0.25) is 0 Å². The zero-order valence-electron chi connectivity index (χ0n) is 10.7. The molecular formula is C15H13N3O2. The summed E-state index contributed by atoms with van der Waals surface area (Å²) >= 11 is 0. The number of carboxylic acid groups (broad SMARTS) is 1. The van der Waals surface area contributed by atoms with E-state index >= 15 is 0 Å². The van der Waals surface area contributed by atoms with Crippen LogP contribution in [-0.4, -0.2) is 22.6 Å². The number of hydrogen-bond acceptors (Lipinski definition) is 4. The number of carbonyl (C=O) groups is 1. The topological polar surface area (TPSA) is 86.0 Å². The first-order chi connectivity index (χ1) is 9.69. The summed E-state index contributed by atoms with van der Waals surface area (Å²) in [6.45, 7) is 0.641. The molecule has 5 nitrogen and oxygen atoms in total. The van der Waals surface area contributed by atoms with Crippen molar-refractivity contribution in [3.8, 4) is 6.07 Å².